The molecule has 0 spiro atoms. The van der Waals surface area contributed by atoms with Gasteiger partial charge in [0.25, 0.3) is 0 Å². The molecule has 2 N–H and O–H groups in total. The molecule has 2 nitrogen and oxygen atoms in total. The summed E-state index contributed by atoms with van der Waals surface area (Å²) in [7, 11) is 0. The number of nitrogens with two attached hydrogens (primary N) is 1. The smallest absolute Gasteiger partial charge is 0.101 e. The maximum absolute atomic E-state index is 5.00. The highest BCUT2D eigenvalue weighted by molar-refractivity contribution is 5.16. The van der Waals surface area contributed by atoms with Crippen LogP contribution in [0.4, 0.5) is 0 Å². The maximum atomic E-state index is 5.00. The Labute approximate surface area is 60.6 Å². The lowest BCUT2D eigenvalue weighted by atomic mass is 10.1. The minimum atomic E-state index is -0.0128. The van der Waals surface area contributed by atoms with E-state index in [1.807, 2.05) is 37.3 Å². The lowest BCUT2D eigenvalue weighted by molar-refractivity contribution is 0.0664. The first kappa shape index (κ1) is 7.25. The van der Waals surface area contributed by atoms with E-state index >= 15 is 0 Å². The molecule has 0 heterocycles. The van der Waals surface area contributed by atoms with E-state index in [4.69, 9.17) is 5.90 Å². The predicted molar refractivity (Wildman–Crippen MR) is 40.1 cm³/mol. The van der Waals surface area contributed by atoms with Crippen LogP contribution in [-0.4, -0.2) is 0 Å². The summed E-state index contributed by atoms with van der Waals surface area (Å²) in [5.74, 6) is 5.00. The molecule has 0 saturated heterocycles. The van der Waals surface area contributed by atoms with Crippen LogP contribution in [0.25, 0.3) is 0 Å². The van der Waals surface area contributed by atoms with Crippen molar-refractivity contribution in [2.24, 2.45) is 5.90 Å². The molecule has 0 aliphatic rings. The fourth-order valence-corrected chi connectivity index (χ4v) is 0.803. The average molecular weight is 137 g/mol. The Hall–Kier alpha value is -0.860. The molecule has 0 aliphatic carbocycles. The van der Waals surface area contributed by atoms with Crippen LogP contribution in [0, 0.1) is 0 Å². The molecule has 54 valence electrons. The highest BCUT2D eigenvalue weighted by atomic mass is 16.6. The minimum Gasteiger partial charge on any atom is -0.297 e. The molecule has 1 rings (SSSR count). The van der Waals surface area contributed by atoms with Crippen LogP contribution in [0.1, 0.15) is 18.6 Å². The van der Waals surface area contributed by atoms with Gasteiger partial charge >= 0.3 is 0 Å². The Balaban J connectivity index is 2.75. The molecule has 0 radical (unpaired) electrons. The standard InChI is InChI=1S/C8H11NO/c1-7(10-9)8-5-3-2-4-6-8/h2-7H,9H2,1H3/t7-/m1/s1. The molecule has 0 amide bonds. The predicted octanol–water partition coefficient (Wildman–Crippen LogP) is 1.64. The van der Waals surface area contributed by atoms with Crippen molar-refractivity contribution in [1.82, 2.24) is 0 Å². The van der Waals surface area contributed by atoms with E-state index in [2.05, 4.69) is 4.84 Å². The summed E-state index contributed by atoms with van der Waals surface area (Å²) < 4.78 is 0. The quantitative estimate of drug-likeness (QED) is 0.629. The number of hydrogen-bond donors (Lipinski definition) is 1. The lowest BCUT2D eigenvalue weighted by Crippen LogP contribution is -2.04. The van der Waals surface area contributed by atoms with Crippen molar-refractivity contribution in [3.8, 4) is 0 Å². The van der Waals surface area contributed by atoms with E-state index < -0.39 is 0 Å². The molecular formula is C8H11NO. The second-order valence-electron chi connectivity index (χ2n) is 2.19. The summed E-state index contributed by atoms with van der Waals surface area (Å²) in [5, 5.41) is 0. The second kappa shape index (κ2) is 3.34. The molecule has 0 aromatic heterocycles. The average Bonchev–Trinajstić information content (AvgIpc) is 2.05. The molecule has 2 heteroatoms. The van der Waals surface area contributed by atoms with E-state index in [0.29, 0.717) is 0 Å². The van der Waals surface area contributed by atoms with Crippen molar-refractivity contribution >= 4 is 0 Å². The zero-order valence-corrected chi connectivity index (χ0v) is 5.95. The fraction of sp³-hybridized carbons (Fsp3) is 0.250. The summed E-state index contributed by atoms with van der Waals surface area (Å²) >= 11 is 0. The van der Waals surface area contributed by atoms with Gasteiger partial charge in [0, 0.05) is 0 Å². The first-order valence-electron chi connectivity index (χ1n) is 3.25. The maximum Gasteiger partial charge on any atom is 0.101 e. The third kappa shape index (κ3) is 1.56. The SMILES string of the molecule is C[C@@H](ON)c1ccccc1. The summed E-state index contributed by atoms with van der Waals surface area (Å²) in [6.07, 6.45) is -0.0128. The normalized spacial score (nSPS) is 13.0. The van der Waals surface area contributed by atoms with Crippen molar-refractivity contribution < 1.29 is 4.84 Å². The van der Waals surface area contributed by atoms with Crippen molar-refractivity contribution in [1.29, 1.82) is 0 Å². The van der Waals surface area contributed by atoms with Gasteiger partial charge in [-0.1, -0.05) is 30.3 Å². The molecule has 0 saturated carbocycles. The topological polar surface area (TPSA) is 35.2 Å². The highest BCUT2D eigenvalue weighted by Crippen LogP contribution is 2.12. The molecule has 10 heavy (non-hydrogen) atoms. The highest BCUT2D eigenvalue weighted by Gasteiger charge is 2.00. The van der Waals surface area contributed by atoms with Gasteiger partial charge in [0.1, 0.15) is 6.10 Å². The zero-order valence-electron chi connectivity index (χ0n) is 5.95. The molecule has 0 unspecified atom stereocenters. The van der Waals surface area contributed by atoms with E-state index in [1.54, 1.807) is 0 Å². The van der Waals surface area contributed by atoms with E-state index in [0.717, 1.165) is 5.56 Å². The van der Waals surface area contributed by atoms with Gasteiger partial charge in [-0.3, -0.25) is 4.84 Å². The minimum absolute atomic E-state index is 0.0128. The Morgan fingerprint density at radius 2 is 1.90 bits per heavy atom. The Bertz CT molecular complexity index is 186. The summed E-state index contributed by atoms with van der Waals surface area (Å²) in [5.41, 5.74) is 1.10. The van der Waals surface area contributed by atoms with Crippen molar-refractivity contribution in [3.05, 3.63) is 35.9 Å². The van der Waals surface area contributed by atoms with Crippen LogP contribution in [0.5, 0.6) is 0 Å². The summed E-state index contributed by atoms with van der Waals surface area (Å²) in [4.78, 5) is 4.64. The van der Waals surface area contributed by atoms with Gasteiger partial charge in [0.15, 0.2) is 0 Å². The van der Waals surface area contributed by atoms with Crippen LogP contribution < -0.4 is 5.90 Å². The van der Waals surface area contributed by atoms with Crippen molar-refractivity contribution in [3.63, 3.8) is 0 Å². The molecule has 1 aromatic carbocycles. The van der Waals surface area contributed by atoms with Crippen LogP contribution >= 0.6 is 0 Å². The molecule has 0 aliphatic heterocycles. The lowest BCUT2D eigenvalue weighted by Gasteiger charge is -2.06. The number of rotatable bonds is 2. The zero-order chi connectivity index (χ0) is 7.40. The molecule has 0 fully saturated rings. The fourth-order valence-electron chi connectivity index (χ4n) is 0.803. The van der Waals surface area contributed by atoms with Gasteiger partial charge < -0.3 is 0 Å². The van der Waals surface area contributed by atoms with E-state index in [1.165, 1.54) is 0 Å². The Morgan fingerprint density at radius 1 is 1.30 bits per heavy atom. The molecule has 0 bridgehead atoms. The van der Waals surface area contributed by atoms with E-state index in [9.17, 15) is 0 Å². The first-order chi connectivity index (χ1) is 4.84. The molecule has 1 atom stereocenters. The van der Waals surface area contributed by atoms with Gasteiger partial charge in [-0.05, 0) is 12.5 Å². The van der Waals surface area contributed by atoms with Crippen LogP contribution in [0.15, 0.2) is 30.3 Å². The van der Waals surface area contributed by atoms with Gasteiger partial charge in [0.2, 0.25) is 0 Å². The molecule has 1 aromatic rings. The Kier molecular flexibility index (Phi) is 2.42. The third-order valence-electron chi connectivity index (χ3n) is 1.47. The van der Waals surface area contributed by atoms with Gasteiger partial charge in [-0.25, -0.2) is 5.90 Å². The second-order valence-corrected chi connectivity index (χ2v) is 2.19. The first-order valence-corrected chi connectivity index (χ1v) is 3.25. The summed E-state index contributed by atoms with van der Waals surface area (Å²) in [6.45, 7) is 1.91. The number of hydrogen-bond acceptors (Lipinski definition) is 2. The van der Waals surface area contributed by atoms with Crippen LogP contribution in [0.3, 0.4) is 0 Å². The molecular weight excluding hydrogens is 126 g/mol. The van der Waals surface area contributed by atoms with E-state index in [-0.39, 0.29) is 6.10 Å². The van der Waals surface area contributed by atoms with Gasteiger partial charge in [0.05, 0.1) is 0 Å². The van der Waals surface area contributed by atoms with Crippen molar-refractivity contribution in [2.45, 2.75) is 13.0 Å². The van der Waals surface area contributed by atoms with Gasteiger partial charge in [-0.15, -0.1) is 0 Å². The Morgan fingerprint density at radius 3 is 2.40 bits per heavy atom. The monoisotopic (exact) mass is 137 g/mol. The van der Waals surface area contributed by atoms with Crippen LogP contribution in [-0.2, 0) is 4.84 Å². The van der Waals surface area contributed by atoms with Gasteiger partial charge in [-0.2, -0.15) is 0 Å². The largest absolute Gasteiger partial charge is 0.297 e. The van der Waals surface area contributed by atoms with Crippen LogP contribution in [0.2, 0.25) is 0 Å². The number of benzene rings is 1. The summed E-state index contributed by atoms with van der Waals surface area (Å²) in [6, 6.07) is 9.86. The van der Waals surface area contributed by atoms with Crippen molar-refractivity contribution in [2.75, 3.05) is 0 Å². The third-order valence-corrected chi connectivity index (χ3v) is 1.47.